The second kappa shape index (κ2) is 14.6. The minimum Gasteiger partial charge on any atom is -0.381 e. The molecular weight excluding hydrogens is 539 g/mol. The lowest BCUT2D eigenvalue weighted by atomic mass is 9.85. The second-order valence-corrected chi connectivity index (χ2v) is 10.3. The van der Waals surface area contributed by atoms with Crippen LogP contribution in [0, 0.1) is 12.7 Å². The van der Waals surface area contributed by atoms with E-state index < -0.39 is 6.10 Å². The van der Waals surface area contributed by atoms with Crippen LogP contribution >= 0.6 is 0 Å². The van der Waals surface area contributed by atoms with Gasteiger partial charge in [0.25, 0.3) is 5.56 Å². The number of hydrogen-bond acceptors (Lipinski definition) is 7. The number of pyridine rings is 2. The van der Waals surface area contributed by atoms with Crippen molar-refractivity contribution in [2.45, 2.75) is 79.2 Å². The van der Waals surface area contributed by atoms with Crippen LogP contribution in [0.4, 0.5) is 4.39 Å². The van der Waals surface area contributed by atoms with E-state index in [1.54, 1.807) is 24.6 Å². The Balaban J connectivity index is 0.000000341. The van der Waals surface area contributed by atoms with Crippen molar-refractivity contribution >= 4 is 23.6 Å². The van der Waals surface area contributed by atoms with Gasteiger partial charge < -0.3 is 24.5 Å². The summed E-state index contributed by atoms with van der Waals surface area (Å²) in [4.78, 5) is 40.7. The Morgan fingerprint density at radius 2 is 1.86 bits per heavy atom. The molecule has 2 aliphatic heterocycles. The van der Waals surface area contributed by atoms with Crippen molar-refractivity contribution < 1.29 is 23.8 Å². The average Bonchev–Trinajstić information content (AvgIpc) is 3.62. The number of nitrogens with zero attached hydrogens (tertiary/aromatic N) is 3. The molecule has 42 heavy (non-hydrogen) atoms. The van der Waals surface area contributed by atoms with Crippen LogP contribution < -0.4 is 10.9 Å². The van der Waals surface area contributed by atoms with Gasteiger partial charge in [-0.2, -0.15) is 0 Å². The number of nitrogens with one attached hydrogen (secondary N) is 1. The molecule has 3 unspecified atom stereocenters. The Labute approximate surface area is 246 Å². The molecule has 3 aromatic rings. The van der Waals surface area contributed by atoms with E-state index in [0.717, 1.165) is 47.4 Å². The number of fused-ring (bicyclic) bond motifs is 4. The summed E-state index contributed by atoms with van der Waals surface area (Å²) < 4.78 is 21.3. The number of benzene rings is 1. The number of halogens is 1. The SMILES string of the molecule is CC.CCN1CC1C.CNC=O.COCc1c(C(O)C=O)cc2n(c1=O)Cc1c-2nc2cc(F)c(C)c3c2c1CCC3. The number of methoxy groups -OCH3 is 1. The van der Waals surface area contributed by atoms with Gasteiger partial charge in [0.05, 0.1) is 30.1 Å². The van der Waals surface area contributed by atoms with Crippen LogP contribution in [0.3, 0.4) is 0 Å². The Morgan fingerprint density at radius 3 is 2.38 bits per heavy atom. The van der Waals surface area contributed by atoms with Gasteiger partial charge in [-0.05, 0) is 62.4 Å². The summed E-state index contributed by atoms with van der Waals surface area (Å²) in [7, 11) is 3.02. The van der Waals surface area contributed by atoms with Gasteiger partial charge in [-0.25, -0.2) is 9.37 Å². The number of aliphatic hydroxyl groups excluding tert-OH is 1. The van der Waals surface area contributed by atoms with Crippen LogP contribution in [-0.4, -0.2) is 65.5 Å². The third-order valence-corrected chi connectivity index (χ3v) is 7.91. The van der Waals surface area contributed by atoms with E-state index in [1.165, 1.54) is 26.3 Å². The first kappa shape index (κ1) is 33.0. The number of aliphatic hydroxyl groups is 1. The van der Waals surface area contributed by atoms with Gasteiger partial charge in [0.2, 0.25) is 6.41 Å². The van der Waals surface area contributed by atoms with Crippen LogP contribution in [0.5, 0.6) is 0 Å². The van der Waals surface area contributed by atoms with Crippen LogP contribution in [0.1, 0.15) is 73.6 Å². The predicted octanol–water partition coefficient (Wildman–Crippen LogP) is 3.84. The highest BCUT2D eigenvalue weighted by atomic mass is 19.1. The number of hydrogen-bond donors (Lipinski definition) is 2. The van der Waals surface area contributed by atoms with E-state index in [9.17, 15) is 19.1 Å². The van der Waals surface area contributed by atoms with Crippen molar-refractivity contribution in [1.82, 2.24) is 19.8 Å². The molecular formula is C32H43FN4O5. The summed E-state index contributed by atoms with van der Waals surface area (Å²) in [6.45, 7) is 13.2. The predicted molar refractivity (Wildman–Crippen MR) is 162 cm³/mol. The zero-order chi connectivity index (χ0) is 31.1. The molecule has 10 heteroatoms. The van der Waals surface area contributed by atoms with Gasteiger partial charge in [-0.3, -0.25) is 14.5 Å². The van der Waals surface area contributed by atoms with E-state index in [2.05, 4.69) is 24.1 Å². The summed E-state index contributed by atoms with van der Waals surface area (Å²) in [5.41, 5.74) is 5.67. The van der Waals surface area contributed by atoms with Crippen molar-refractivity contribution in [3.05, 3.63) is 61.7 Å². The largest absolute Gasteiger partial charge is 0.381 e. The number of amides is 1. The number of ether oxygens (including phenoxy) is 1. The van der Waals surface area contributed by atoms with Gasteiger partial charge in [0.15, 0.2) is 6.29 Å². The highest BCUT2D eigenvalue weighted by molar-refractivity contribution is 5.92. The summed E-state index contributed by atoms with van der Waals surface area (Å²) in [6.07, 6.45) is 2.16. The molecule has 3 aliphatic rings. The molecule has 4 heterocycles. The van der Waals surface area contributed by atoms with Crippen LogP contribution in [-0.2, 0) is 40.3 Å². The second-order valence-electron chi connectivity index (χ2n) is 10.3. The summed E-state index contributed by atoms with van der Waals surface area (Å²) in [5, 5.41) is 13.4. The van der Waals surface area contributed by atoms with E-state index in [0.29, 0.717) is 41.7 Å². The van der Waals surface area contributed by atoms with Crippen molar-refractivity contribution in [2.24, 2.45) is 0 Å². The maximum absolute atomic E-state index is 14.5. The number of carbonyl (C=O) groups is 2. The minimum atomic E-state index is -1.43. The molecule has 1 aromatic carbocycles. The van der Waals surface area contributed by atoms with Gasteiger partial charge in [0.1, 0.15) is 11.9 Å². The van der Waals surface area contributed by atoms with E-state index in [4.69, 9.17) is 14.5 Å². The third-order valence-electron chi connectivity index (χ3n) is 7.91. The average molecular weight is 583 g/mol. The van der Waals surface area contributed by atoms with Crippen molar-refractivity contribution in [1.29, 1.82) is 0 Å². The maximum Gasteiger partial charge on any atom is 0.257 e. The molecule has 1 fully saturated rings. The third kappa shape index (κ3) is 6.45. The normalized spacial score (nSPS) is 17.6. The molecule has 2 N–H and O–H groups in total. The first-order valence-electron chi connectivity index (χ1n) is 14.6. The number of rotatable bonds is 6. The van der Waals surface area contributed by atoms with Gasteiger partial charge >= 0.3 is 0 Å². The molecule has 0 spiro atoms. The number of aldehydes is 1. The lowest BCUT2D eigenvalue weighted by molar-refractivity contribution is -0.115. The Hall–Kier alpha value is -3.47. The molecule has 0 radical (unpaired) electrons. The minimum absolute atomic E-state index is 0.00743. The number of aromatic nitrogens is 2. The molecule has 9 nitrogen and oxygen atoms in total. The van der Waals surface area contributed by atoms with E-state index >= 15 is 0 Å². The van der Waals surface area contributed by atoms with Crippen molar-refractivity contribution in [3.8, 4) is 11.4 Å². The first-order chi connectivity index (χ1) is 20.2. The van der Waals surface area contributed by atoms with Crippen LogP contribution in [0.15, 0.2) is 16.9 Å². The Morgan fingerprint density at radius 1 is 1.21 bits per heavy atom. The standard InChI is InChI=1S/C23H21FN2O4.C5H11N.C2H5NO.C2H6/c1-11-12-4-3-5-13-15-8-26-19(22(15)25-18(21(12)13)7-17(11)24)6-14(20(28)9-27)16(10-30-2)23(26)29;1-3-6-4-5(6)2;1-3-2-4;1-2/h6-7,9,20,28H,3-5,8,10H2,1-2H3;5H,3-4H2,1-2H3;2H,1H3,(H,3,4);1-2H3. The molecule has 0 saturated carbocycles. The highest BCUT2D eigenvalue weighted by Gasteiger charge is 2.31. The van der Waals surface area contributed by atoms with E-state index in [-0.39, 0.29) is 29.1 Å². The van der Waals surface area contributed by atoms with E-state index in [1.807, 2.05) is 13.8 Å². The smallest absolute Gasteiger partial charge is 0.257 e. The maximum atomic E-state index is 14.5. The topological polar surface area (TPSA) is 114 Å². The Kier molecular flexibility index (Phi) is 11.5. The fraction of sp³-hybridized carbons (Fsp3) is 0.500. The quantitative estimate of drug-likeness (QED) is 0.262. The van der Waals surface area contributed by atoms with Crippen molar-refractivity contribution in [3.63, 3.8) is 0 Å². The highest BCUT2D eigenvalue weighted by Crippen LogP contribution is 2.41. The molecule has 1 aliphatic carbocycles. The summed E-state index contributed by atoms with van der Waals surface area (Å²) in [6, 6.07) is 4.00. The first-order valence-corrected chi connectivity index (χ1v) is 14.6. The molecule has 3 atom stereocenters. The fourth-order valence-electron chi connectivity index (χ4n) is 5.68. The molecule has 6 rings (SSSR count). The van der Waals surface area contributed by atoms with Gasteiger partial charge in [-0.1, -0.05) is 20.8 Å². The van der Waals surface area contributed by atoms with Crippen LogP contribution in [0.25, 0.3) is 22.3 Å². The monoisotopic (exact) mass is 582 g/mol. The molecule has 2 aromatic heterocycles. The lowest BCUT2D eigenvalue weighted by Gasteiger charge is -2.21. The zero-order valence-electron chi connectivity index (χ0n) is 25.7. The van der Waals surface area contributed by atoms with Crippen LogP contribution in [0.2, 0.25) is 0 Å². The molecule has 0 bridgehead atoms. The number of aryl methyl sites for hydroxylation is 2. The summed E-state index contributed by atoms with van der Waals surface area (Å²) >= 11 is 0. The van der Waals surface area contributed by atoms with Gasteiger partial charge in [-0.15, -0.1) is 0 Å². The summed E-state index contributed by atoms with van der Waals surface area (Å²) in [5.74, 6) is -0.277. The van der Waals surface area contributed by atoms with Crippen molar-refractivity contribution in [2.75, 3.05) is 27.2 Å². The molecule has 1 saturated heterocycles. The Bertz CT molecular complexity index is 1500. The van der Waals surface area contributed by atoms with Gasteiger partial charge in [0, 0.05) is 54.9 Å². The fourth-order valence-corrected chi connectivity index (χ4v) is 5.68. The zero-order valence-corrected chi connectivity index (χ0v) is 25.7. The molecule has 228 valence electrons. The lowest BCUT2D eigenvalue weighted by Crippen LogP contribution is -2.26. The number of likely N-dealkylation sites (N-methyl/N-ethyl adjacent to an activating group) is 1. The molecule has 1 amide bonds. The number of carbonyl (C=O) groups excluding carboxylic acids is 2.